The van der Waals surface area contributed by atoms with E-state index in [0.717, 1.165) is 5.56 Å². The average molecular weight is 334 g/mol. The van der Waals surface area contributed by atoms with Crippen LogP contribution in [0, 0.1) is 0 Å². The molecular weight excluding hydrogens is 319 g/mol. The molecule has 23 heavy (non-hydrogen) atoms. The normalized spacial score (nSPS) is 13.7. The first kappa shape index (κ1) is 15.7. The number of benzene rings is 2. The monoisotopic (exact) mass is 334 g/mol. The van der Waals surface area contributed by atoms with E-state index in [-0.39, 0.29) is 10.6 Å². The molecule has 0 saturated heterocycles. The highest BCUT2D eigenvalue weighted by atomic mass is 32.2. The molecular formula is C14H15BN2O5S. The molecule has 0 bridgehead atoms. The fourth-order valence-electron chi connectivity index (χ4n) is 2.39. The molecule has 120 valence electrons. The van der Waals surface area contributed by atoms with Gasteiger partial charge >= 0.3 is 7.12 Å². The number of nitrogen functional groups attached to an aromatic ring is 1. The molecule has 0 radical (unpaired) electrons. The predicted molar refractivity (Wildman–Crippen MR) is 87.1 cm³/mol. The van der Waals surface area contributed by atoms with Gasteiger partial charge in [0.2, 0.25) is 0 Å². The number of sulfonamides is 1. The molecule has 2 aromatic rings. The standard InChI is InChI=1S/C14H15BN2O5S/c1-21-11-4-5-14(13(16)7-11)23(19,20)17-10-3-2-9-8-22-15(18)12(9)6-10/h2-7,17-18H,8,16H2,1H3. The van der Waals surface area contributed by atoms with Crippen LogP contribution in [0.25, 0.3) is 0 Å². The van der Waals surface area contributed by atoms with E-state index in [4.69, 9.17) is 15.1 Å². The lowest BCUT2D eigenvalue weighted by Gasteiger charge is -2.12. The van der Waals surface area contributed by atoms with Crippen LogP contribution in [0.2, 0.25) is 0 Å². The number of ether oxygens (including phenoxy) is 1. The summed E-state index contributed by atoms with van der Waals surface area (Å²) in [5.41, 5.74) is 7.57. The zero-order valence-electron chi connectivity index (χ0n) is 12.3. The lowest BCUT2D eigenvalue weighted by molar-refractivity contribution is 0.275. The average Bonchev–Trinajstić information content (AvgIpc) is 2.87. The summed E-state index contributed by atoms with van der Waals surface area (Å²) in [6, 6.07) is 9.20. The van der Waals surface area contributed by atoms with Gasteiger partial charge in [-0.25, -0.2) is 8.42 Å². The number of nitrogens with two attached hydrogens (primary N) is 1. The highest BCUT2D eigenvalue weighted by Crippen LogP contribution is 2.26. The Hall–Kier alpha value is -2.23. The van der Waals surface area contributed by atoms with Crippen molar-refractivity contribution in [3.63, 3.8) is 0 Å². The highest BCUT2D eigenvalue weighted by Gasteiger charge is 2.28. The second-order valence-electron chi connectivity index (χ2n) is 5.09. The molecule has 0 aliphatic carbocycles. The van der Waals surface area contributed by atoms with E-state index in [0.29, 0.717) is 23.5 Å². The minimum atomic E-state index is -3.86. The summed E-state index contributed by atoms with van der Waals surface area (Å²) in [7, 11) is -3.43. The molecule has 0 unspecified atom stereocenters. The fraction of sp³-hybridized carbons (Fsp3) is 0.143. The van der Waals surface area contributed by atoms with Crippen LogP contribution in [0.15, 0.2) is 41.3 Å². The molecule has 1 heterocycles. The number of nitrogens with one attached hydrogen (secondary N) is 1. The summed E-state index contributed by atoms with van der Waals surface area (Å²) in [5.74, 6) is 0.472. The number of anilines is 2. The minimum absolute atomic E-state index is 0.0457. The van der Waals surface area contributed by atoms with Crippen LogP contribution in [-0.4, -0.2) is 27.7 Å². The predicted octanol–water partition coefficient (Wildman–Crippen LogP) is 0.296. The maximum absolute atomic E-state index is 12.5. The van der Waals surface area contributed by atoms with Crippen molar-refractivity contribution in [1.29, 1.82) is 0 Å². The van der Waals surface area contributed by atoms with Gasteiger partial charge in [-0.1, -0.05) is 6.07 Å². The van der Waals surface area contributed by atoms with E-state index in [1.165, 1.54) is 25.3 Å². The van der Waals surface area contributed by atoms with Crippen LogP contribution >= 0.6 is 0 Å². The van der Waals surface area contributed by atoms with E-state index in [1.54, 1.807) is 18.2 Å². The Kier molecular flexibility index (Phi) is 3.93. The third-order valence-corrected chi connectivity index (χ3v) is 5.02. The lowest BCUT2D eigenvalue weighted by atomic mass is 9.79. The summed E-state index contributed by atoms with van der Waals surface area (Å²) >= 11 is 0. The molecule has 4 N–H and O–H groups in total. The Balaban J connectivity index is 1.91. The first-order valence-corrected chi connectivity index (χ1v) is 8.28. The van der Waals surface area contributed by atoms with Crippen molar-refractivity contribution >= 4 is 34.0 Å². The van der Waals surface area contributed by atoms with Crippen molar-refractivity contribution in [2.45, 2.75) is 11.5 Å². The summed E-state index contributed by atoms with van der Waals surface area (Å²) < 4.78 is 37.5. The van der Waals surface area contributed by atoms with Gasteiger partial charge in [-0.05, 0) is 35.3 Å². The molecule has 9 heteroatoms. The highest BCUT2D eigenvalue weighted by molar-refractivity contribution is 7.92. The second kappa shape index (κ2) is 5.76. The molecule has 2 aromatic carbocycles. The fourth-order valence-corrected chi connectivity index (χ4v) is 3.55. The Morgan fingerprint density at radius 1 is 1.30 bits per heavy atom. The van der Waals surface area contributed by atoms with E-state index in [9.17, 15) is 13.4 Å². The zero-order chi connectivity index (χ0) is 16.6. The van der Waals surface area contributed by atoms with E-state index < -0.39 is 17.1 Å². The van der Waals surface area contributed by atoms with Gasteiger partial charge in [-0.2, -0.15) is 0 Å². The first-order chi connectivity index (χ1) is 10.9. The quantitative estimate of drug-likeness (QED) is 0.548. The van der Waals surface area contributed by atoms with Gasteiger partial charge in [-0.3, -0.25) is 4.72 Å². The smallest absolute Gasteiger partial charge is 0.491 e. The molecule has 7 nitrogen and oxygen atoms in total. The van der Waals surface area contributed by atoms with Gasteiger partial charge in [0.05, 0.1) is 19.4 Å². The summed E-state index contributed by atoms with van der Waals surface area (Å²) in [5, 5.41) is 9.69. The van der Waals surface area contributed by atoms with Crippen LogP contribution in [0.3, 0.4) is 0 Å². The summed E-state index contributed by atoms with van der Waals surface area (Å²) in [4.78, 5) is -0.0457. The van der Waals surface area contributed by atoms with E-state index in [2.05, 4.69) is 4.72 Å². The van der Waals surface area contributed by atoms with Crippen LogP contribution in [0.1, 0.15) is 5.56 Å². The van der Waals surface area contributed by atoms with Gasteiger partial charge in [0.25, 0.3) is 10.0 Å². The molecule has 0 amide bonds. The molecule has 0 spiro atoms. The molecule has 0 saturated carbocycles. The van der Waals surface area contributed by atoms with Gasteiger partial charge in [0.1, 0.15) is 10.6 Å². The van der Waals surface area contributed by atoms with Crippen LogP contribution in [-0.2, 0) is 21.3 Å². The molecule has 0 atom stereocenters. The molecule has 1 aliphatic rings. The topological polar surface area (TPSA) is 111 Å². The van der Waals surface area contributed by atoms with Crippen LogP contribution < -0.4 is 20.7 Å². The van der Waals surface area contributed by atoms with Crippen molar-refractivity contribution in [2.75, 3.05) is 17.6 Å². The number of rotatable bonds is 4. The Morgan fingerprint density at radius 2 is 2.09 bits per heavy atom. The van der Waals surface area contributed by atoms with Crippen molar-refractivity contribution < 1.29 is 22.8 Å². The number of methoxy groups -OCH3 is 1. The maximum Gasteiger partial charge on any atom is 0.491 e. The summed E-state index contributed by atoms with van der Waals surface area (Å²) in [6.07, 6.45) is 0. The van der Waals surface area contributed by atoms with Crippen molar-refractivity contribution in [1.82, 2.24) is 0 Å². The first-order valence-electron chi connectivity index (χ1n) is 6.79. The molecule has 1 aliphatic heterocycles. The largest absolute Gasteiger partial charge is 0.497 e. The van der Waals surface area contributed by atoms with E-state index in [1.807, 2.05) is 0 Å². The van der Waals surface area contributed by atoms with Crippen molar-refractivity contribution in [3.8, 4) is 5.75 Å². The zero-order valence-corrected chi connectivity index (χ0v) is 13.1. The maximum atomic E-state index is 12.5. The third-order valence-electron chi connectivity index (χ3n) is 3.57. The Bertz CT molecular complexity index is 856. The molecule has 0 aromatic heterocycles. The van der Waals surface area contributed by atoms with Crippen molar-refractivity contribution in [3.05, 3.63) is 42.0 Å². The number of hydrogen-bond acceptors (Lipinski definition) is 6. The second-order valence-corrected chi connectivity index (χ2v) is 6.74. The molecule has 0 fully saturated rings. The number of fused-ring (bicyclic) bond motifs is 1. The van der Waals surface area contributed by atoms with Crippen molar-refractivity contribution in [2.24, 2.45) is 0 Å². The molecule has 3 rings (SSSR count). The van der Waals surface area contributed by atoms with Crippen LogP contribution in [0.4, 0.5) is 11.4 Å². The Labute approximate surface area is 134 Å². The minimum Gasteiger partial charge on any atom is -0.497 e. The SMILES string of the molecule is COc1ccc(S(=O)(=O)Nc2ccc3c(c2)B(O)OC3)c(N)c1. The summed E-state index contributed by atoms with van der Waals surface area (Å²) in [6.45, 7) is 0.301. The Morgan fingerprint density at radius 3 is 2.78 bits per heavy atom. The van der Waals surface area contributed by atoms with Gasteiger partial charge in [0.15, 0.2) is 0 Å². The number of hydrogen-bond donors (Lipinski definition) is 3. The third kappa shape index (κ3) is 2.98. The van der Waals surface area contributed by atoms with Crippen LogP contribution in [0.5, 0.6) is 5.75 Å². The van der Waals surface area contributed by atoms with E-state index >= 15 is 0 Å². The van der Waals surface area contributed by atoms with Gasteiger partial charge in [-0.15, -0.1) is 0 Å². The lowest BCUT2D eigenvalue weighted by Crippen LogP contribution is -2.28. The van der Waals surface area contributed by atoms with Gasteiger partial charge in [0, 0.05) is 11.8 Å². The van der Waals surface area contributed by atoms with Gasteiger partial charge < -0.3 is 20.1 Å².